The molecule has 0 spiro atoms. The summed E-state index contributed by atoms with van der Waals surface area (Å²) in [7, 11) is 0. The van der Waals surface area contributed by atoms with Crippen LogP contribution in [0, 0.1) is 12.7 Å². The average molecular weight is 373 g/mol. The number of halogens is 2. The van der Waals surface area contributed by atoms with Crippen LogP contribution in [0.1, 0.15) is 16.8 Å². The second kappa shape index (κ2) is 7.81. The van der Waals surface area contributed by atoms with Crippen LogP contribution < -0.4 is 5.56 Å². The molecule has 0 fully saturated rings. The van der Waals surface area contributed by atoms with E-state index in [9.17, 15) is 14.3 Å². The quantitative estimate of drug-likeness (QED) is 0.744. The van der Waals surface area contributed by atoms with Crippen molar-refractivity contribution in [3.8, 4) is 11.4 Å². The van der Waals surface area contributed by atoms with Gasteiger partial charge in [-0.05, 0) is 42.8 Å². The first kappa shape index (κ1) is 18.3. The van der Waals surface area contributed by atoms with Gasteiger partial charge in [0.1, 0.15) is 11.6 Å². The van der Waals surface area contributed by atoms with Gasteiger partial charge in [0.15, 0.2) is 0 Å². The average Bonchev–Trinajstić information content (AvgIpc) is 2.63. The number of benzene rings is 2. The molecule has 0 bridgehead atoms. The Balaban J connectivity index is 2.21. The number of hydrogen-bond acceptors (Lipinski definition) is 3. The fourth-order valence-electron chi connectivity index (χ4n) is 2.86. The third-order valence-electron chi connectivity index (χ3n) is 4.22. The van der Waals surface area contributed by atoms with E-state index in [-0.39, 0.29) is 30.9 Å². The molecule has 0 aliphatic heterocycles. The van der Waals surface area contributed by atoms with Crippen LogP contribution >= 0.6 is 11.6 Å². The van der Waals surface area contributed by atoms with Gasteiger partial charge in [0, 0.05) is 34.9 Å². The van der Waals surface area contributed by atoms with Crippen LogP contribution in [0.4, 0.5) is 4.39 Å². The second-order valence-corrected chi connectivity index (χ2v) is 6.37. The number of aliphatic hydroxyl groups is 1. The largest absolute Gasteiger partial charge is 0.396 e. The Morgan fingerprint density at radius 2 is 1.85 bits per heavy atom. The predicted octanol–water partition coefficient (Wildman–Crippen LogP) is 3.59. The van der Waals surface area contributed by atoms with E-state index >= 15 is 0 Å². The maximum Gasteiger partial charge on any atom is 0.257 e. The van der Waals surface area contributed by atoms with Crippen molar-refractivity contribution in [2.45, 2.75) is 19.9 Å². The van der Waals surface area contributed by atoms with Gasteiger partial charge < -0.3 is 5.11 Å². The Hall–Kier alpha value is -2.50. The van der Waals surface area contributed by atoms with Crippen molar-refractivity contribution in [1.29, 1.82) is 0 Å². The molecule has 0 atom stereocenters. The van der Waals surface area contributed by atoms with E-state index < -0.39 is 0 Å². The summed E-state index contributed by atoms with van der Waals surface area (Å²) in [6.07, 6.45) is 0.226. The molecule has 3 rings (SSSR count). The van der Waals surface area contributed by atoms with Crippen molar-refractivity contribution >= 4 is 11.6 Å². The summed E-state index contributed by atoms with van der Waals surface area (Å²) in [6, 6.07) is 13.1. The van der Waals surface area contributed by atoms with Crippen LogP contribution in [0.3, 0.4) is 0 Å². The molecule has 3 aromatic rings. The van der Waals surface area contributed by atoms with E-state index in [1.807, 2.05) is 18.2 Å². The van der Waals surface area contributed by atoms with Crippen LogP contribution in [0.15, 0.2) is 53.3 Å². The summed E-state index contributed by atoms with van der Waals surface area (Å²) in [5, 5.41) is 9.82. The minimum atomic E-state index is -0.359. The van der Waals surface area contributed by atoms with E-state index in [4.69, 9.17) is 11.6 Å². The molecule has 0 radical (unpaired) electrons. The van der Waals surface area contributed by atoms with Gasteiger partial charge in [0.25, 0.3) is 5.56 Å². The first-order chi connectivity index (χ1) is 12.5. The van der Waals surface area contributed by atoms with Crippen LogP contribution in [-0.2, 0) is 13.0 Å². The van der Waals surface area contributed by atoms with Crippen molar-refractivity contribution in [1.82, 2.24) is 9.55 Å². The SMILES string of the molecule is Cc1nc(-c2ccc(F)cc2)n(Cc2ccccc2Cl)c(=O)c1CCO. The number of nitrogens with zero attached hydrogens (tertiary/aromatic N) is 2. The standard InChI is InChI=1S/C20H18ClFN2O2/c1-13-17(10-11-25)20(26)24(12-15-4-2-3-5-18(15)21)19(23-13)14-6-8-16(22)9-7-14/h2-9,25H,10-12H2,1H3. The third kappa shape index (κ3) is 3.69. The maximum atomic E-state index is 13.3. The van der Waals surface area contributed by atoms with Crippen molar-refractivity contribution in [3.05, 3.63) is 86.5 Å². The molecule has 1 N–H and O–H groups in total. The highest BCUT2D eigenvalue weighted by Crippen LogP contribution is 2.21. The Labute approximate surface area is 155 Å². The minimum Gasteiger partial charge on any atom is -0.396 e. The zero-order valence-electron chi connectivity index (χ0n) is 14.2. The molecule has 134 valence electrons. The molecule has 0 aliphatic rings. The molecule has 0 saturated carbocycles. The van der Waals surface area contributed by atoms with Crippen molar-refractivity contribution in [2.75, 3.05) is 6.61 Å². The molecule has 2 aromatic carbocycles. The molecular weight excluding hydrogens is 355 g/mol. The van der Waals surface area contributed by atoms with Crippen LogP contribution in [-0.4, -0.2) is 21.3 Å². The summed E-state index contributed by atoms with van der Waals surface area (Å²) in [6.45, 7) is 1.83. The van der Waals surface area contributed by atoms with Gasteiger partial charge >= 0.3 is 0 Å². The Morgan fingerprint density at radius 1 is 1.15 bits per heavy atom. The fourth-order valence-corrected chi connectivity index (χ4v) is 3.06. The summed E-state index contributed by atoms with van der Waals surface area (Å²) in [4.78, 5) is 17.6. The molecular formula is C20H18ClFN2O2. The molecule has 0 unspecified atom stereocenters. The summed E-state index contributed by atoms with van der Waals surface area (Å²) >= 11 is 6.25. The topological polar surface area (TPSA) is 55.1 Å². The molecule has 1 aromatic heterocycles. The maximum absolute atomic E-state index is 13.3. The van der Waals surface area contributed by atoms with Gasteiger partial charge in [-0.25, -0.2) is 9.37 Å². The number of aromatic nitrogens is 2. The molecule has 0 saturated heterocycles. The van der Waals surface area contributed by atoms with Crippen LogP contribution in [0.5, 0.6) is 0 Å². The lowest BCUT2D eigenvalue weighted by Crippen LogP contribution is -2.29. The van der Waals surface area contributed by atoms with Gasteiger partial charge in [0.05, 0.1) is 6.54 Å². The van der Waals surface area contributed by atoms with E-state index in [0.717, 1.165) is 5.56 Å². The zero-order valence-corrected chi connectivity index (χ0v) is 15.0. The monoisotopic (exact) mass is 372 g/mol. The lowest BCUT2D eigenvalue weighted by molar-refractivity contribution is 0.298. The van der Waals surface area contributed by atoms with Crippen molar-refractivity contribution in [3.63, 3.8) is 0 Å². The molecule has 1 heterocycles. The van der Waals surface area contributed by atoms with Crippen LogP contribution in [0.25, 0.3) is 11.4 Å². The van der Waals surface area contributed by atoms with E-state index in [1.165, 1.54) is 16.7 Å². The Morgan fingerprint density at radius 3 is 2.50 bits per heavy atom. The highest BCUT2D eigenvalue weighted by molar-refractivity contribution is 6.31. The van der Waals surface area contributed by atoms with E-state index in [2.05, 4.69) is 4.98 Å². The first-order valence-electron chi connectivity index (χ1n) is 8.21. The normalized spacial score (nSPS) is 10.9. The van der Waals surface area contributed by atoms with Gasteiger partial charge in [0.2, 0.25) is 0 Å². The summed E-state index contributed by atoms with van der Waals surface area (Å²) in [5.74, 6) is 0.0801. The molecule has 6 heteroatoms. The fraction of sp³-hybridized carbons (Fsp3) is 0.200. The van der Waals surface area contributed by atoms with Gasteiger partial charge in [-0.1, -0.05) is 29.8 Å². The molecule has 0 amide bonds. The Bertz CT molecular complexity index is 984. The number of rotatable bonds is 5. The number of hydrogen-bond donors (Lipinski definition) is 1. The summed E-state index contributed by atoms with van der Waals surface area (Å²) in [5.41, 5.74) is 2.20. The zero-order chi connectivity index (χ0) is 18.7. The highest BCUT2D eigenvalue weighted by atomic mass is 35.5. The lowest BCUT2D eigenvalue weighted by atomic mass is 10.1. The van der Waals surface area contributed by atoms with Crippen LogP contribution in [0.2, 0.25) is 5.02 Å². The molecule has 4 nitrogen and oxygen atoms in total. The summed E-state index contributed by atoms with van der Waals surface area (Å²) < 4.78 is 14.8. The Kier molecular flexibility index (Phi) is 5.49. The molecule has 26 heavy (non-hydrogen) atoms. The third-order valence-corrected chi connectivity index (χ3v) is 4.59. The highest BCUT2D eigenvalue weighted by Gasteiger charge is 2.16. The molecule has 0 aliphatic carbocycles. The predicted molar refractivity (Wildman–Crippen MR) is 100.0 cm³/mol. The second-order valence-electron chi connectivity index (χ2n) is 5.96. The lowest BCUT2D eigenvalue weighted by Gasteiger charge is -2.16. The smallest absolute Gasteiger partial charge is 0.257 e. The number of aliphatic hydroxyl groups excluding tert-OH is 1. The van der Waals surface area contributed by atoms with Gasteiger partial charge in [-0.2, -0.15) is 0 Å². The van der Waals surface area contributed by atoms with E-state index in [1.54, 1.807) is 25.1 Å². The van der Waals surface area contributed by atoms with E-state index in [0.29, 0.717) is 27.7 Å². The minimum absolute atomic E-state index is 0.139. The van der Waals surface area contributed by atoms with Crippen molar-refractivity contribution < 1.29 is 9.50 Å². The van der Waals surface area contributed by atoms with Crippen molar-refractivity contribution in [2.24, 2.45) is 0 Å². The van der Waals surface area contributed by atoms with Gasteiger partial charge in [-0.15, -0.1) is 0 Å². The number of aryl methyl sites for hydroxylation is 1. The van der Waals surface area contributed by atoms with Gasteiger partial charge in [-0.3, -0.25) is 9.36 Å². The first-order valence-corrected chi connectivity index (χ1v) is 8.59.